The summed E-state index contributed by atoms with van der Waals surface area (Å²) < 4.78 is 25.9. The lowest BCUT2D eigenvalue weighted by atomic mass is 9.75. The van der Waals surface area contributed by atoms with Crippen LogP contribution in [-0.2, 0) is 20.5 Å². The van der Waals surface area contributed by atoms with Crippen LogP contribution in [0, 0.1) is 5.92 Å². The molecule has 0 amide bonds. The van der Waals surface area contributed by atoms with Gasteiger partial charge < -0.3 is 29.6 Å². The number of carbonyl (C=O) groups excluding carboxylic acids is 1. The molecule has 1 fully saturated rings. The number of carbonyl (C=O) groups is 1. The summed E-state index contributed by atoms with van der Waals surface area (Å²) >= 11 is 2.58. The van der Waals surface area contributed by atoms with Crippen molar-refractivity contribution in [2.75, 3.05) is 11.4 Å². The highest BCUT2D eigenvalue weighted by atomic mass is 32.2. The molecule has 5 N–H and O–H groups in total. The Morgan fingerprint density at radius 2 is 1.68 bits per heavy atom. The number of Topliss-reactive ketones (excluding diaryl/α,β-unsaturated/α-hetero) is 1. The quantitative estimate of drug-likeness (QED) is 0.163. The second-order valence-corrected chi connectivity index (χ2v) is 14.2. The molecule has 38 heavy (non-hydrogen) atoms. The van der Waals surface area contributed by atoms with Gasteiger partial charge in [0.05, 0.1) is 33.3 Å². The summed E-state index contributed by atoms with van der Waals surface area (Å²) in [5.74, 6) is -0.997. The fourth-order valence-corrected chi connectivity index (χ4v) is 8.39. The number of aliphatic hydroxyl groups excluding tert-OH is 1. The Morgan fingerprint density at radius 1 is 1.03 bits per heavy atom. The van der Waals surface area contributed by atoms with Crippen LogP contribution in [0.5, 0.6) is 0 Å². The molecule has 1 saturated carbocycles. The molecular formula is C24H25N2O8P2S2+. The number of hydrogen-bond donors (Lipinski definition) is 5. The fourth-order valence-electron chi connectivity index (χ4n) is 4.62. The van der Waals surface area contributed by atoms with Crippen molar-refractivity contribution in [1.29, 1.82) is 0 Å². The molecule has 2 aliphatic rings. The molecule has 0 saturated heterocycles. The molecule has 2 unspecified atom stereocenters. The molecule has 10 nitrogen and oxygen atoms in total. The molecule has 5 rings (SSSR count). The van der Waals surface area contributed by atoms with E-state index in [-0.39, 0.29) is 22.0 Å². The summed E-state index contributed by atoms with van der Waals surface area (Å²) in [6.07, 6.45) is 2.29. The maximum Gasteiger partial charge on any atom is 0.356 e. The first-order chi connectivity index (χ1) is 17.8. The third kappa shape index (κ3) is 4.75. The third-order valence-corrected chi connectivity index (χ3v) is 10.7. The van der Waals surface area contributed by atoms with Gasteiger partial charge in [0.15, 0.2) is 5.78 Å². The van der Waals surface area contributed by atoms with E-state index in [9.17, 15) is 38.6 Å². The smallest absolute Gasteiger partial charge is 0.356 e. The van der Waals surface area contributed by atoms with Crippen molar-refractivity contribution in [3.05, 3.63) is 58.1 Å². The number of fused-ring (bicyclic) bond motifs is 2. The Bertz CT molecular complexity index is 1640. The topological polar surface area (TPSA) is 159 Å². The van der Waals surface area contributed by atoms with E-state index in [1.165, 1.54) is 47.4 Å². The summed E-state index contributed by atoms with van der Waals surface area (Å²) in [6.45, 7) is 4.97. The van der Waals surface area contributed by atoms with Crippen LogP contribution in [0.4, 0.5) is 5.69 Å². The number of thioether (sulfide) groups is 1. The second-order valence-electron chi connectivity index (χ2n) is 8.86. The molecule has 1 aromatic heterocycles. The van der Waals surface area contributed by atoms with Gasteiger partial charge in [-0.15, -0.1) is 0 Å². The number of hydrogen-bond acceptors (Lipinski definition) is 7. The van der Waals surface area contributed by atoms with Crippen LogP contribution in [0.25, 0.3) is 16.3 Å². The van der Waals surface area contributed by atoms with E-state index >= 15 is 0 Å². The minimum atomic E-state index is -4.41. The number of benzene rings is 2. The lowest BCUT2D eigenvalue weighted by Crippen LogP contribution is -2.44. The third-order valence-electron chi connectivity index (χ3n) is 6.58. The van der Waals surface area contributed by atoms with Crippen LogP contribution in [0.3, 0.4) is 0 Å². The molecule has 0 radical (unpaired) electrons. The van der Waals surface area contributed by atoms with Gasteiger partial charge in [0.1, 0.15) is 11.2 Å². The largest absolute Gasteiger partial charge is 0.387 e. The first-order valence-electron chi connectivity index (χ1n) is 11.7. The molecule has 1 aliphatic carbocycles. The lowest BCUT2D eigenvalue weighted by Gasteiger charge is -2.32. The standard InChI is InChI=1S/C24H24N2O8P2S2/c1-3-25-17-7-5-13(35(29,30)31)9-19(17)37-21(25)11-15-23(27)16(24(15)28)12-22-26(4-2)18-8-6-14(36(32,33)34)10-20(18)38-22/h5-12,15,23,27H,3-4H2,1-2H3,(H3-,29,30,31,32,33,34)/p+1. The van der Waals surface area contributed by atoms with Gasteiger partial charge in [-0.2, -0.15) is 4.57 Å². The molecule has 0 bridgehead atoms. The highest BCUT2D eigenvalue weighted by Crippen LogP contribution is 2.49. The van der Waals surface area contributed by atoms with Crippen LogP contribution < -0.4 is 20.1 Å². The molecule has 1 aliphatic heterocycles. The van der Waals surface area contributed by atoms with E-state index in [0.29, 0.717) is 32.7 Å². The molecule has 0 spiro atoms. The van der Waals surface area contributed by atoms with Crippen LogP contribution in [0.15, 0.2) is 58.0 Å². The van der Waals surface area contributed by atoms with Gasteiger partial charge in [0.25, 0.3) is 5.01 Å². The van der Waals surface area contributed by atoms with Crippen LogP contribution in [-0.4, -0.2) is 43.1 Å². The van der Waals surface area contributed by atoms with E-state index in [1.807, 2.05) is 23.3 Å². The number of ketones is 1. The molecule has 200 valence electrons. The van der Waals surface area contributed by atoms with Gasteiger partial charge in [-0.1, -0.05) is 23.1 Å². The maximum absolute atomic E-state index is 13.1. The average Bonchev–Trinajstić information content (AvgIpc) is 3.40. The van der Waals surface area contributed by atoms with Gasteiger partial charge in [-0.05, 0) is 50.3 Å². The minimum Gasteiger partial charge on any atom is -0.387 e. The Labute approximate surface area is 226 Å². The zero-order valence-electron chi connectivity index (χ0n) is 20.3. The second kappa shape index (κ2) is 9.82. The molecule has 14 heteroatoms. The van der Waals surface area contributed by atoms with E-state index < -0.39 is 27.2 Å². The number of aryl methyl sites for hydroxylation is 1. The average molecular weight is 596 g/mol. The first-order valence-corrected chi connectivity index (χ1v) is 16.5. The summed E-state index contributed by atoms with van der Waals surface area (Å²) in [5, 5.41) is 12.1. The summed E-state index contributed by atoms with van der Waals surface area (Å²) in [7, 11) is -8.81. The van der Waals surface area contributed by atoms with Gasteiger partial charge in [0.2, 0.25) is 5.52 Å². The number of nitrogens with zero attached hydrogens (tertiary/aromatic N) is 2. The summed E-state index contributed by atoms with van der Waals surface area (Å²) in [4.78, 5) is 53.7. The number of anilines is 1. The molecule has 3 aromatic rings. The van der Waals surface area contributed by atoms with E-state index in [1.54, 1.807) is 24.3 Å². The summed E-state index contributed by atoms with van der Waals surface area (Å²) in [6, 6.07) is 8.99. The van der Waals surface area contributed by atoms with Crippen molar-refractivity contribution in [3.63, 3.8) is 0 Å². The van der Waals surface area contributed by atoms with E-state index in [0.717, 1.165) is 11.2 Å². The highest BCUT2D eigenvalue weighted by molar-refractivity contribution is 8.03. The van der Waals surface area contributed by atoms with Crippen LogP contribution in [0.1, 0.15) is 18.9 Å². The van der Waals surface area contributed by atoms with Crippen molar-refractivity contribution in [3.8, 4) is 0 Å². The molecule has 2 heterocycles. The zero-order valence-corrected chi connectivity index (χ0v) is 23.7. The van der Waals surface area contributed by atoms with Gasteiger partial charge in [-0.25, -0.2) is 0 Å². The van der Waals surface area contributed by atoms with Crippen molar-refractivity contribution in [1.82, 2.24) is 0 Å². The van der Waals surface area contributed by atoms with E-state index in [4.69, 9.17) is 0 Å². The van der Waals surface area contributed by atoms with Crippen molar-refractivity contribution in [2.24, 2.45) is 5.92 Å². The lowest BCUT2D eigenvalue weighted by molar-refractivity contribution is -0.665. The van der Waals surface area contributed by atoms with Crippen molar-refractivity contribution < 1.29 is 43.2 Å². The Hall–Kier alpha value is -2.11. The normalized spacial score (nSPS) is 22.0. The monoisotopic (exact) mass is 595 g/mol. The maximum atomic E-state index is 13.1. The Balaban J connectivity index is 1.43. The van der Waals surface area contributed by atoms with Crippen LogP contribution in [0.2, 0.25) is 0 Å². The SMILES string of the molecule is CCN1C(=CC2C(=O)C(=Cc3sc4cc(P(=O)(O)O)ccc4[n+]3CC)C2O)Sc2cc(P(=O)(O)O)ccc21. The molecule has 2 aromatic carbocycles. The van der Waals surface area contributed by atoms with Gasteiger partial charge >= 0.3 is 15.2 Å². The van der Waals surface area contributed by atoms with Crippen LogP contribution >= 0.6 is 38.3 Å². The Kier molecular flexibility index (Phi) is 7.09. The van der Waals surface area contributed by atoms with Crippen molar-refractivity contribution in [2.45, 2.75) is 31.4 Å². The number of rotatable bonds is 6. The number of thiazole rings is 1. The highest BCUT2D eigenvalue weighted by Gasteiger charge is 2.44. The molecular weight excluding hydrogens is 570 g/mol. The predicted octanol–water partition coefficient (Wildman–Crippen LogP) is 2.23. The van der Waals surface area contributed by atoms with E-state index in [2.05, 4.69) is 0 Å². The predicted molar refractivity (Wildman–Crippen MR) is 147 cm³/mol. The Morgan fingerprint density at radius 3 is 2.29 bits per heavy atom. The zero-order chi connectivity index (χ0) is 27.6. The van der Waals surface area contributed by atoms with Gasteiger partial charge in [0, 0.05) is 29.2 Å². The molecule has 2 atom stereocenters. The number of aromatic nitrogens is 1. The van der Waals surface area contributed by atoms with Crippen molar-refractivity contribution >= 4 is 76.7 Å². The van der Waals surface area contributed by atoms with Gasteiger partial charge in [-0.3, -0.25) is 13.9 Å². The number of aliphatic hydroxyl groups is 1. The first kappa shape index (κ1) is 27.5. The minimum absolute atomic E-state index is 0.0773. The summed E-state index contributed by atoms with van der Waals surface area (Å²) in [5.41, 5.74) is 1.81. The fraction of sp³-hybridized carbons (Fsp3) is 0.250.